The molecule has 0 saturated heterocycles. The van der Waals surface area contributed by atoms with Gasteiger partial charge in [0.2, 0.25) is 5.91 Å². The van der Waals surface area contributed by atoms with E-state index in [0.717, 1.165) is 9.75 Å². The van der Waals surface area contributed by atoms with Gasteiger partial charge in [-0.15, -0.1) is 11.3 Å². The molecule has 4 nitrogen and oxygen atoms in total. The Kier molecular flexibility index (Phi) is 4.51. The lowest BCUT2D eigenvalue weighted by Gasteiger charge is -2.20. The fourth-order valence-corrected chi connectivity index (χ4v) is 2.50. The van der Waals surface area contributed by atoms with Crippen LogP contribution in [0.15, 0.2) is 6.07 Å². The SMILES string of the molecule is Cc1cc(C(=O)NCC(=O)NC(C)(C)C)c(C)s1. The zero-order valence-electron chi connectivity index (χ0n) is 11.5. The molecule has 1 aromatic rings. The minimum absolute atomic E-state index is 0.00440. The maximum Gasteiger partial charge on any atom is 0.252 e. The first-order valence-corrected chi connectivity index (χ1v) is 6.67. The number of hydrogen-bond acceptors (Lipinski definition) is 3. The van der Waals surface area contributed by atoms with E-state index >= 15 is 0 Å². The van der Waals surface area contributed by atoms with Crippen molar-refractivity contribution < 1.29 is 9.59 Å². The maximum atomic E-state index is 11.9. The first-order valence-electron chi connectivity index (χ1n) is 5.85. The predicted molar refractivity (Wildman–Crippen MR) is 74.0 cm³/mol. The number of aryl methyl sites for hydroxylation is 2. The third-order valence-corrected chi connectivity index (χ3v) is 3.18. The smallest absolute Gasteiger partial charge is 0.252 e. The number of thiophene rings is 1. The predicted octanol–water partition coefficient (Wildman–Crippen LogP) is 2.01. The molecule has 0 saturated carbocycles. The molecule has 0 aliphatic rings. The highest BCUT2D eigenvalue weighted by molar-refractivity contribution is 7.12. The van der Waals surface area contributed by atoms with Crippen molar-refractivity contribution in [3.63, 3.8) is 0 Å². The van der Waals surface area contributed by atoms with Crippen molar-refractivity contribution in [1.29, 1.82) is 0 Å². The second-order valence-electron chi connectivity index (χ2n) is 5.31. The molecule has 100 valence electrons. The fraction of sp³-hybridized carbons (Fsp3) is 0.538. The van der Waals surface area contributed by atoms with Crippen LogP contribution < -0.4 is 10.6 Å². The molecular weight excluding hydrogens is 248 g/mol. The largest absolute Gasteiger partial charge is 0.350 e. The maximum absolute atomic E-state index is 11.9. The molecule has 0 aliphatic heterocycles. The van der Waals surface area contributed by atoms with E-state index in [1.807, 2.05) is 40.7 Å². The van der Waals surface area contributed by atoms with Crippen LogP contribution in [0.4, 0.5) is 0 Å². The monoisotopic (exact) mass is 268 g/mol. The van der Waals surface area contributed by atoms with Crippen molar-refractivity contribution in [3.8, 4) is 0 Å². The highest BCUT2D eigenvalue weighted by Gasteiger charge is 2.16. The quantitative estimate of drug-likeness (QED) is 0.881. The van der Waals surface area contributed by atoms with Crippen LogP contribution in [0.25, 0.3) is 0 Å². The van der Waals surface area contributed by atoms with Gasteiger partial charge in [0.15, 0.2) is 0 Å². The fourth-order valence-electron chi connectivity index (χ4n) is 1.57. The summed E-state index contributed by atoms with van der Waals surface area (Å²) in [6, 6.07) is 1.84. The van der Waals surface area contributed by atoms with Crippen LogP contribution >= 0.6 is 11.3 Å². The first kappa shape index (κ1) is 14.7. The normalized spacial score (nSPS) is 11.2. The lowest BCUT2D eigenvalue weighted by Crippen LogP contribution is -2.45. The Bertz CT molecular complexity index is 458. The van der Waals surface area contributed by atoms with E-state index in [0.29, 0.717) is 5.56 Å². The summed E-state index contributed by atoms with van der Waals surface area (Å²) in [5, 5.41) is 5.43. The molecule has 0 spiro atoms. The van der Waals surface area contributed by atoms with Crippen LogP contribution in [0.1, 0.15) is 40.9 Å². The van der Waals surface area contributed by atoms with E-state index in [2.05, 4.69) is 10.6 Å². The van der Waals surface area contributed by atoms with E-state index in [1.54, 1.807) is 11.3 Å². The van der Waals surface area contributed by atoms with Crippen LogP contribution in [0.2, 0.25) is 0 Å². The van der Waals surface area contributed by atoms with Crippen molar-refractivity contribution in [1.82, 2.24) is 10.6 Å². The molecule has 0 atom stereocenters. The highest BCUT2D eigenvalue weighted by Crippen LogP contribution is 2.20. The molecule has 0 unspecified atom stereocenters. The van der Waals surface area contributed by atoms with Gasteiger partial charge in [0.1, 0.15) is 0 Å². The lowest BCUT2D eigenvalue weighted by molar-refractivity contribution is -0.121. The number of carbonyl (C=O) groups is 2. The standard InChI is InChI=1S/C13H20N2O2S/c1-8-6-10(9(2)18-8)12(17)14-7-11(16)15-13(3,4)5/h6H,7H2,1-5H3,(H,14,17)(H,15,16). The van der Waals surface area contributed by atoms with Gasteiger partial charge in [-0.2, -0.15) is 0 Å². The van der Waals surface area contributed by atoms with Gasteiger partial charge < -0.3 is 10.6 Å². The van der Waals surface area contributed by atoms with Crippen LogP contribution in [-0.2, 0) is 4.79 Å². The average molecular weight is 268 g/mol. The second-order valence-corrected chi connectivity index (χ2v) is 6.77. The molecule has 0 aliphatic carbocycles. The van der Waals surface area contributed by atoms with E-state index in [1.165, 1.54) is 0 Å². The molecule has 0 bridgehead atoms. The molecule has 1 heterocycles. The average Bonchev–Trinajstić information content (AvgIpc) is 2.52. The topological polar surface area (TPSA) is 58.2 Å². The second kappa shape index (κ2) is 5.52. The summed E-state index contributed by atoms with van der Waals surface area (Å²) >= 11 is 1.58. The number of amides is 2. The Morgan fingerprint density at radius 2 is 1.89 bits per heavy atom. The van der Waals surface area contributed by atoms with E-state index in [-0.39, 0.29) is 23.9 Å². The Hall–Kier alpha value is -1.36. The molecule has 1 rings (SSSR count). The zero-order valence-corrected chi connectivity index (χ0v) is 12.3. The minimum Gasteiger partial charge on any atom is -0.350 e. The first-order chi connectivity index (χ1) is 8.19. The van der Waals surface area contributed by atoms with Crippen LogP contribution in [0.3, 0.4) is 0 Å². The Morgan fingerprint density at radius 3 is 2.33 bits per heavy atom. The Morgan fingerprint density at radius 1 is 1.28 bits per heavy atom. The van der Waals surface area contributed by atoms with Crippen LogP contribution in [0, 0.1) is 13.8 Å². The summed E-state index contributed by atoms with van der Waals surface area (Å²) in [6.07, 6.45) is 0. The highest BCUT2D eigenvalue weighted by atomic mass is 32.1. The van der Waals surface area contributed by atoms with Gasteiger partial charge in [0.05, 0.1) is 12.1 Å². The molecule has 0 fully saturated rings. The van der Waals surface area contributed by atoms with E-state index in [4.69, 9.17) is 0 Å². The van der Waals surface area contributed by atoms with Gasteiger partial charge in [-0.05, 0) is 40.7 Å². The summed E-state index contributed by atoms with van der Waals surface area (Å²) in [4.78, 5) is 25.5. The van der Waals surface area contributed by atoms with Crippen molar-refractivity contribution in [2.75, 3.05) is 6.54 Å². The number of hydrogen-bond donors (Lipinski definition) is 2. The van der Waals surface area contributed by atoms with E-state index < -0.39 is 0 Å². The molecule has 1 aromatic heterocycles. The van der Waals surface area contributed by atoms with Crippen LogP contribution in [0.5, 0.6) is 0 Å². The zero-order chi connectivity index (χ0) is 13.9. The Labute approximate surface area is 112 Å². The summed E-state index contributed by atoms with van der Waals surface area (Å²) in [6.45, 7) is 9.57. The van der Waals surface area contributed by atoms with Gasteiger partial charge in [-0.1, -0.05) is 0 Å². The van der Waals surface area contributed by atoms with Gasteiger partial charge in [-0.3, -0.25) is 9.59 Å². The summed E-state index contributed by atoms with van der Waals surface area (Å²) < 4.78 is 0. The summed E-state index contributed by atoms with van der Waals surface area (Å²) in [7, 11) is 0. The van der Waals surface area contributed by atoms with Crippen molar-refractivity contribution in [3.05, 3.63) is 21.4 Å². The number of carbonyl (C=O) groups excluding carboxylic acids is 2. The van der Waals surface area contributed by atoms with Gasteiger partial charge in [-0.25, -0.2) is 0 Å². The number of nitrogens with one attached hydrogen (secondary N) is 2. The Balaban J connectivity index is 2.52. The molecule has 0 aromatic carbocycles. The summed E-state index contributed by atoms with van der Waals surface area (Å²) in [5.41, 5.74) is 0.373. The van der Waals surface area contributed by atoms with Gasteiger partial charge in [0, 0.05) is 15.3 Å². The third-order valence-electron chi connectivity index (χ3n) is 2.21. The van der Waals surface area contributed by atoms with Gasteiger partial charge in [0.25, 0.3) is 5.91 Å². The molecule has 5 heteroatoms. The van der Waals surface area contributed by atoms with Crippen molar-refractivity contribution >= 4 is 23.2 Å². The lowest BCUT2D eigenvalue weighted by atomic mass is 10.1. The van der Waals surface area contributed by atoms with Gasteiger partial charge >= 0.3 is 0 Å². The van der Waals surface area contributed by atoms with Crippen LogP contribution in [-0.4, -0.2) is 23.9 Å². The molecule has 2 N–H and O–H groups in total. The molecule has 2 amide bonds. The molecule has 18 heavy (non-hydrogen) atoms. The number of rotatable bonds is 3. The summed E-state index contributed by atoms with van der Waals surface area (Å²) in [5.74, 6) is -0.374. The van der Waals surface area contributed by atoms with Crippen molar-refractivity contribution in [2.24, 2.45) is 0 Å². The third kappa shape index (κ3) is 4.49. The minimum atomic E-state index is -0.281. The van der Waals surface area contributed by atoms with E-state index in [9.17, 15) is 9.59 Å². The van der Waals surface area contributed by atoms with Crippen molar-refractivity contribution in [2.45, 2.75) is 40.2 Å². The molecule has 0 radical (unpaired) electrons. The molecular formula is C13H20N2O2S.